The predicted molar refractivity (Wildman–Crippen MR) is 111 cm³/mol. The molecule has 0 bridgehead atoms. The third-order valence-corrected chi connectivity index (χ3v) is 6.33. The largest absolute Gasteiger partial charge is 0.462 e. The zero-order valence-corrected chi connectivity index (χ0v) is 17.2. The predicted octanol–water partition coefficient (Wildman–Crippen LogP) is 5.70. The molecule has 146 valence electrons. The van der Waals surface area contributed by atoms with Crippen molar-refractivity contribution in [2.45, 2.75) is 33.1 Å². The van der Waals surface area contributed by atoms with Crippen LogP contribution in [0, 0.1) is 5.92 Å². The average molecular weight is 418 g/mol. The van der Waals surface area contributed by atoms with E-state index < -0.39 is 5.91 Å². The minimum Gasteiger partial charge on any atom is -0.462 e. The van der Waals surface area contributed by atoms with Crippen LogP contribution in [0.1, 0.15) is 51.6 Å². The number of hydrogen-bond donors (Lipinski definition) is 1. The Hall–Kier alpha value is -2.31. The van der Waals surface area contributed by atoms with Gasteiger partial charge < -0.3 is 14.5 Å². The van der Waals surface area contributed by atoms with Crippen LogP contribution in [-0.4, -0.2) is 18.5 Å². The molecule has 3 aromatic rings. The molecule has 7 heteroatoms. The van der Waals surface area contributed by atoms with Gasteiger partial charge in [-0.3, -0.25) is 4.79 Å². The smallest absolute Gasteiger partial charge is 0.341 e. The molecule has 5 nitrogen and oxygen atoms in total. The molecular weight excluding hydrogens is 398 g/mol. The number of thiophene rings is 1. The van der Waals surface area contributed by atoms with Gasteiger partial charge in [0.2, 0.25) is 0 Å². The number of fused-ring (bicyclic) bond motifs is 2. The molecule has 1 amide bonds. The number of ether oxygens (including phenoxy) is 1. The molecule has 1 unspecified atom stereocenters. The van der Waals surface area contributed by atoms with E-state index in [4.69, 9.17) is 20.8 Å². The van der Waals surface area contributed by atoms with Gasteiger partial charge in [0.15, 0.2) is 5.76 Å². The molecular formula is C21H20ClNO4S. The Kier molecular flexibility index (Phi) is 5.17. The average Bonchev–Trinajstić information content (AvgIpc) is 3.21. The van der Waals surface area contributed by atoms with Crippen LogP contribution in [0.3, 0.4) is 0 Å². The van der Waals surface area contributed by atoms with Crippen molar-refractivity contribution in [1.82, 2.24) is 0 Å². The Morgan fingerprint density at radius 3 is 2.96 bits per heavy atom. The summed E-state index contributed by atoms with van der Waals surface area (Å²) in [5.41, 5.74) is 2.08. The van der Waals surface area contributed by atoms with E-state index in [1.807, 2.05) is 0 Å². The summed E-state index contributed by atoms with van der Waals surface area (Å²) in [4.78, 5) is 26.5. The van der Waals surface area contributed by atoms with Gasteiger partial charge in [-0.05, 0) is 61.9 Å². The van der Waals surface area contributed by atoms with E-state index in [0.717, 1.165) is 35.1 Å². The molecule has 0 saturated heterocycles. The summed E-state index contributed by atoms with van der Waals surface area (Å²) in [6, 6.07) is 6.83. The van der Waals surface area contributed by atoms with Crippen molar-refractivity contribution in [2.75, 3.05) is 11.9 Å². The third-order valence-electron chi connectivity index (χ3n) is 4.92. The Labute approximate surface area is 171 Å². The van der Waals surface area contributed by atoms with Crippen molar-refractivity contribution < 1.29 is 18.7 Å². The van der Waals surface area contributed by atoms with Crippen LogP contribution in [0.25, 0.3) is 11.0 Å². The Morgan fingerprint density at radius 2 is 2.18 bits per heavy atom. The standard InChI is InChI=1S/C21H20ClNO4S/c1-3-26-21(25)18-14-6-4-11(2)8-17(14)28-20(18)23-19(24)16-10-12-9-13(22)5-7-15(12)27-16/h5,7,9-11H,3-4,6,8H2,1-2H3,(H,23,24). The highest BCUT2D eigenvalue weighted by molar-refractivity contribution is 7.17. The van der Waals surface area contributed by atoms with Crippen LogP contribution < -0.4 is 5.32 Å². The number of hydrogen-bond acceptors (Lipinski definition) is 5. The van der Waals surface area contributed by atoms with Crippen LogP contribution in [-0.2, 0) is 17.6 Å². The molecule has 0 spiro atoms. The first-order chi connectivity index (χ1) is 13.5. The molecule has 0 fully saturated rings. The van der Waals surface area contributed by atoms with E-state index >= 15 is 0 Å². The maximum absolute atomic E-state index is 12.8. The van der Waals surface area contributed by atoms with Gasteiger partial charge in [0, 0.05) is 15.3 Å². The molecule has 1 N–H and O–H groups in total. The zero-order valence-electron chi connectivity index (χ0n) is 15.6. The van der Waals surface area contributed by atoms with Gasteiger partial charge in [-0.1, -0.05) is 18.5 Å². The van der Waals surface area contributed by atoms with Crippen molar-refractivity contribution >= 4 is 50.8 Å². The molecule has 4 rings (SSSR count). The SMILES string of the molecule is CCOC(=O)c1c(NC(=O)c2cc3cc(Cl)ccc3o2)sc2c1CCC(C)C2. The van der Waals surface area contributed by atoms with Crippen molar-refractivity contribution in [2.24, 2.45) is 5.92 Å². The number of anilines is 1. The molecule has 1 aromatic carbocycles. The van der Waals surface area contributed by atoms with E-state index in [9.17, 15) is 9.59 Å². The second-order valence-corrected chi connectivity index (χ2v) is 8.56. The summed E-state index contributed by atoms with van der Waals surface area (Å²) in [5, 5.41) is 4.72. The normalized spacial score (nSPS) is 16.0. The van der Waals surface area contributed by atoms with Gasteiger partial charge in [0.05, 0.1) is 12.2 Å². The minimum atomic E-state index is -0.399. The molecule has 28 heavy (non-hydrogen) atoms. The Morgan fingerprint density at radius 1 is 1.36 bits per heavy atom. The van der Waals surface area contributed by atoms with Crippen molar-refractivity contribution in [3.8, 4) is 0 Å². The number of furan rings is 1. The molecule has 2 aromatic heterocycles. The summed E-state index contributed by atoms with van der Waals surface area (Å²) >= 11 is 7.46. The first-order valence-corrected chi connectivity index (χ1v) is 10.5. The number of amides is 1. The topological polar surface area (TPSA) is 68.5 Å². The number of nitrogens with one attached hydrogen (secondary N) is 1. The van der Waals surface area contributed by atoms with Crippen LogP contribution in [0.4, 0.5) is 5.00 Å². The van der Waals surface area contributed by atoms with E-state index in [0.29, 0.717) is 27.1 Å². The van der Waals surface area contributed by atoms with E-state index in [1.54, 1.807) is 31.2 Å². The minimum absolute atomic E-state index is 0.173. The highest BCUT2D eigenvalue weighted by Crippen LogP contribution is 2.40. The Bertz CT molecular complexity index is 1070. The summed E-state index contributed by atoms with van der Waals surface area (Å²) in [6.07, 6.45) is 2.75. The molecule has 1 aliphatic rings. The summed E-state index contributed by atoms with van der Waals surface area (Å²) < 4.78 is 10.9. The lowest BCUT2D eigenvalue weighted by Crippen LogP contribution is -2.16. The second kappa shape index (κ2) is 7.60. The summed E-state index contributed by atoms with van der Waals surface area (Å²) in [5.74, 6) is -0.0533. The first-order valence-electron chi connectivity index (χ1n) is 9.28. The molecule has 0 aliphatic heterocycles. The van der Waals surface area contributed by atoms with E-state index in [1.165, 1.54) is 11.3 Å². The molecule has 1 aliphatic carbocycles. The van der Waals surface area contributed by atoms with Crippen LogP contribution in [0.15, 0.2) is 28.7 Å². The highest BCUT2D eigenvalue weighted by Gasteiger charge is 2.29. The zero-order chi connectivity index (χ0) is 19.8. The molecule has 0 radical (unpaired) electrons. The van der Waals surface area contributed by atoms with Crippen molar-refractivity contribution in [3.05, 3.63) is 51.1 Å². The lowest BCUT2D eigenvalue weighted by molar-refractivity contribution is 0.0526. The number of carbonyl (C=O) groups is 2. The second-order valence-electron chi connectivity index (χ2n) is 7.02. The maximum Gasteiger partial charge on any atom is 0.341 e. The van der Waals surface area contributed by atoms with Gasteiger partial charge in [-0.15, -0.1) is 11.3 Å². The quantitative estimate of drug-likeness (QED) is 0.552. The number of benzene rings is 1. The molecule has 1 atom stereocenters. The van der Waals surface area contributed by atoms with Gasteiger partial charge in [0.25, 0.3) is 5.91 Å². The van der Waals surface area contributed by atoms with E-state index in [-0.39, 0.29) is 18.3 Å². The lowest BCUT2D eigenvalue weighted by Gasteiger charge is -2.18. The molecule has 0 saturated carbocycles. The number of carbonyl (C=O) groups excluding carboxylic acids is 2. The first kappa shape index (κ1) is 19.0. The van der Waals surface area contributed by atoms with Crippen LogP contribution in [0.2, 0.25) is 5.02 Å². The van der Waals surface area contributed by atoms with Crippen LogP contribution in [0.5, 0.6) is 0 Å². The van der Waals surface area contributed by atoms with Gasteiger partial charge in [0.1, 0.15) is 10.6 Å². The summed E-state index contributed by atoms with van der Waals surface area (Å²) in [7, 11) is 0. The van der Waals surface area contributed by atoms with E-state index in [2.05, 4.69) is 12.2 Å². The maximum atomic E-state index is 12.8. The van der Waals surface area contributed by atoms with Gasteiger partial charge >= 0.3 is 5.97 Å². The number of rotatable bonds is 4. The lowest BCUT2D eigenvalue weighted by atomic mass is 9.88. The number of halogens is 1. The van der Waals surface area contributed by atoms with Crippen molar-refractivity contribution in [3.63, 3.8) is 0 Å². The fourth-order valence-corrected chi connectivity index (χ4v) is 5.12. The number of esters is 1. The summed E-state index contributed by atoms with van der Waals surface area (Å²) in [6.45, 7) is 4.26. The Balaban J connectivity index is 1.67. The van der Waals surface area contributed by atoms with Gasteiger partial charge in [-0.25, -0.2) is 4.79 Å². The van der Waals surface area contributed by atoms with Crippen LogP contribution >= 0.6 is 22.9 Å². The fourth-order valence-electron chi connectivity index (χ4n) is 3.55. The van der Waals surface area contributed by atoms with Gasteiger partial charge in [-0.2, -0.15) is 0 Å². The monoisotopic (exact) mass is 417 g/mol. The highest BCUT2D eigenvalue weighted by atomic mass is 35.5. The third kappa shape index (κ3) is 3.54. The fraction of sp³-hybridized carbons (Fsp3) is 0.333. The molecule has 2 heterocycles. The van der Waals surface area contributed by atoms with Crippen molar-refractivity contribution in [1.29, 1.82) is 0 Å².